The molecule has 3 nitrogen and oxygen atoms in total. The van der Waals surface area contributed by atoms with E-state index in [0.29, 0.717) is 0 Å². The maximum atomic E-state index is 9.37. The van der Waals surface area contributed by atoms with Crippen LogP contribution in [0.1, 0.15) is 22.4 Å². The summed E-state index contributed by atoms with van der Waals surface area (Å²) in [6, 6.07) is 3.28. The lowest BCUT2D eigenvalue weighted by molar-refractivity contribution is 0.401. The predicted molar refractivity (Wildman–Crippen MR) is 57.7 cm³/mol. The molecule has 0 radical (unpaired) electrons. The highest BCUT2D eigenvalue weighted by molar-refractivity contribution is 9.09. The van der Waals surface area contributed by atoms with Gasteiger partial charge in [-0.15, -0.1) is 0 Å². The Hall–Kier alpha value is -0.740. The van der Waals surface area contributed by atoms with Crippen LogP contribution in [-0.4, -0.2) is 16.3 Å². The molecule has 4 heteroatoms. The molecule has 2 atom stereocenters. The van der Waals surface area contributed by atoms with Gasteiger partial charge in [0.1, 0.15) is 0 Å². The van der Waals surface area contributed by atoms with E-state index in [-0.39, 0.29) is 22.4 Å². The summed E-state index contributed by atoms with van der Waals surface area (Å²) in [5.74, 6) is -0.138. The molecule has 1 aromatic rings. The third-order valence-corrected chi connectivity index (χ3v) is 3.83. The van der Waals surface area contributed by atoms with Gasteiger partial charge in [0.2, 0.25) is 0 Å². The van der Waals surface area contributed by atoms with E-state index < -0.39 is 0 Å². The molecule has 0 saturated carbocycles. The number of hydrogen-bond donors (Lipinski definition) is 3. The van der Waals surface area contributed by atoms with E-state index in [1.807, 2.05) is 0 Å². The number of phenolic OH excluding ortho intramolecular Hbond substituents is 2. The highest BCUT2D eigenvalue weighted by Gasteiger charge is 2.25. The van der Waals surface area contributed by atoms with Crippen LogP contribution in [0, 0.1) is 0 Å². The lowest BCUT2D eigenvalue weighted by atomic mass is 9.88. The van der Waals surface area contributed by atoms with Gasteiger partial charge in [-0.2, -0.15) is 0 Å². The van der Waals surface area contributed by atoms with E-state index in [1.54, 1.807) is 12.1 Å². The molecule has 1 aromatic carbocycles. The minimum absolute atomic E-state index is 0.0566. The number of hydrogen-bond acceptors (Lipinski definition) is 3. The first kappa shape index (κ1) is 9.80. The van der Waals surface area contributed by atoms with Gasteiger partial charge in [-0.25, -0.2) is 0 Å². The second-order valence-corrected chi connectivity index (χ2v) is 4.63. The summed E-state index contributed by atoms with van der Waals surface area (Å²) in [5, 5.41) is 18.7. The fraction of sp³-hybridized carbons (Fsp3) is 0.400. The third kappa shape index (κ3) is 1.48. The van der Waals surface area contributed by atoms with Crippen LogP contribution in [0.25, 0.3) is 0 Å². The van der Waals surface area contributed by atoms with Crippen molar-refractivity contribution in [3.63, 3.8) is 0 Å². The van der Waals surface area contributed by atoms with Crippen LogP contribution in [0.2, 0.25) is 0 Å². The largest absolute Gasteiger partial charge is 0.504 e. The number of halogens is 1. The summed E-state index contributed by atoms with van der Waals surface area (Å²) >= 11 is 3.49. The molecule has 1 aliphatic carbocycles. The summed E-state index contributed by atoms with van der Waals surface area (Å²) in [4.78, 5) is 0.0674. The SMILES string of the molecule is NC1CCc2cc(O)c(O)cc2C1Br. The van der Waals surface area contributed by atoms with Crippen LogP contribution in [0.3, 0.4) is 0 Å². The quantitative estimate of drug-likeness (QED) is 0.491. The van der Waals surface area contributed by atoms with Gasteiger partial charge in [0.05, 0.1) is 4.83 Å². The number of rotatable bonds is 0. The Labute approximate surface area is 90.7 Å². The topological polar surface area (TPSA) is 66.5 Å². The van der Waals surface area contributed by atoms with E-state index in [4.69, 9.17) is 5.73 Å². The summed E-state index contributed by atoms with van der Waals surface area (Å²) in [6.07, 6.45) is 1.75. The van der Waals surface area contributed by atoms with E-state index in [1.165, 1.54) is 0 Å². The van der Waals surface area contributed by atoms with Crippen molar-refractivity contribution in [2.75, 3.05) is 0 Å². The summed E-state index contributed by atoms with van der Waals surface area (Å²) in [6.45, 7) is 0. The number of nitrogens with two attached hydrogens (primary N) is 1. The highest BCUT2D eigenvalue weighted by atomic mass is 79.9. The van der Waals surface area contributed by atoms with Crippen LogP contribution in [-0.2, 0) is 6.42 Å². The minimum atomic E-state index is -0.0812. The molecule has 0 aliphatic heterocycles. The molecule has 0 heterocycles. The summed E-state index contributed by atoms with van der Waals surface area (Å²) in [7, 11) is 0. The fourth-order valence-electron chi connectivity index (χ4n) is 1.81. The van der Waals surface area contributed by atoms with Crippen molar-refractivity contribution in [2.45, 2.75) is 23.7 Å². The predicted octanol–water partition coefficient (Wildman–Crippen LogP) is 1.81. The first-order valence-electron chi connectivity index (χ1n) is 4.54. The molecule has 0 amide bonds. The maximum Gasteiger partial charge on any atom is 0.157 e. The molecule has 4 N–H and O–H groups in total. The van der Waals surface area contributed by atoms with Gasteiger partial charge in [-0.1, -0.05) is 15.9 Å². The molecule has 2 rings (SSSR count). The second-order valence-electron chi connectivity index (χ2n) is 3.64. The second kappa shape index (κ2) is 3.44. The van der Waals surface area contributed by atoms with E-state index in [2.05, 4.69) is 15.9 Å². The van der Waals surface area contributed by atoms with Gasteiger partial charge < -0.3 is 15.9 Å². The molecular formula is C10H12BrNO2. The van der Waals surface area contributed by atoms with Crippen LogP contribution in [0.5, 0.6) is 11.5 Å². The standard InChI is InChI=1S/C10H12BrNO2/c11-10-6-4-9(14)8(13)3-5(6)1-2-7(10)12/h3-4,7,10,13-14H,1-2,12H2. The monoisotopic (exact) mass is 257 g/mol. The van der Waals surface area contributed by atoms with Gasteiger partial charge in [0, 0.05) is 6.04 Å². The Bertz CT molecular complexity index is 367. The van der Waals surface area contributed by atoms with Crippen molar-refractivity contribution in [2.24, 2.45) is 5.73 Å². The zero-order valence-electron chi connectivity index (χ0n) is 7.57. The van der Waals surface area contributed by atoms with Gasteiger partial charge in [0.15, 0.2) is 11.5 Å². The van der Waals surface area contributed by atoms with Crippen molar-refractivity contribution in [1.82, 2.24) is 0 Å². The lowest BCUT2D eigenvalue weighted by Crippen LogP contribution is -2.29. The van der Waals surface area contributed by atoms with Crippen molar-refractivity contribution in [3.05, 3.63) is 23.3 Å². The smallest absolute Gasteiger partial charge is 0.157 e. The van der Waals surface area contributed by atoms with Gasteiger partial charge in [-0.05, 0) is 36.1 Å². The van der Waals surface area contributed by atoms with Crippen LogP contribution in [0.4, 0.5) is 0 Å². The molecule has 0 fully saturated rings. The number of aryl methyl sites for hydroxylation is 1. The molecule has 2 unspecified atom stereocenters. The molecular weight excluding hydrogens is 246 g/mol. The Morgan fingerprint density at radius 1 is 1.29 bits per heavy atom. The Morgan fingerprint density at radius 2 is 1.93 bits per heavy atom. The average molecular weight is 258 g/mol. The number of phenols is 2. The average Bonchev–Trinajstić information content (AvgIpc) is 2.15. The maximum absolute atomic E-state index is 9.37. The van der Waals surface area contributed by atoms with Crippen molar-refractivity contribution in [1.29, 1.82) is 0 Å². The van der Waals surface area contributed by atoms with Gasteiger partial charge >= 0.3 is 0 Å². The van der Waals surface area contributed by atoms with E-state index in [0.717, 1.165) is 24.0 Å². The lowest BCUT2D eigenvalue weighted by Gasteiger charge is -2.27. The number of alkyl halides is 1. The molecule has 76 valence electrons. The zero-order valence-corrected chi connectivity index (χ0v) is 9.16. The highest BCUT2D eigenvalue weighted by Crippen LogP contribution is 2.40. The molecule has 14 heavy (non-hydrogen) atoms. The normalized spacial score (nSPS) is 25.9. The summed E-state index contributed by atoms with van der Waals surface area (Å²) < 4.78 is 0. The molecule has 0 bridgehead atoms. The molecule has 0 spiro atoms. The van der Waals surface area contributed by atoms with Gasteiger partial charge in [-0.3, -0.25) is 0 Å². The van der Waals surface area contributed by atoms with Crippen molar-refractivity contribution < 1.29 is 10.2 Å². The summed E-state index contributed by atoms with van der Waals surface area (Å²) in [5.41, 5.74) is 7.93. The molecule has 0 aromatic heterocycles. The first-order valence-corrected chi connectivity index (χ1v) is 5.45. The van der Waals surface area contributed by atoms with Crippen LogP contribution >= 0.6 is 15.9 Å². The Balaban J connectivity index is 2.50. The molecule has 0 saturated heterocycles. The number of aromatic hydroxyl groups is 2. The van der Waals surface area contributed by atoms with Crippen molar-refractivity contribution in [3.8, 4) is 11.5 Å². The zero-order chi connectivity index (χ0) is 10.3. The number of fused-ring (bicyclic) bond motifs is 1. The van der Waals surface area contributed by atoms with E-state index >= 15 is 0 Å². The van der Waals surface area contributed by atoms with Crippen LogP contribution in [0.15, 0.2) is 12.1 Å². The minimum Gasteiger partial charge on any atom is -0.504 e. The van der Waals surface area contributed by atoms with E-state index in [9.17, 15) is 10.2 Å². The van der Waals surface area contributed by atoms with Crippen molar-refractivity contribution >= 4 is 15.9 Å². The Kier molecular flexibility index (Phi) is 2.41. The molecule has 1 aliphatic rings. The van der Waals surface area contributed by atoms with Gasteiger partial charge in [0.25, 0.3) is 0 Å². The van der Waals surface area contributed by atoms with Crippen LogP contribution < -0.4 is 5.73 Å². The number of benzene rings is 1. The third-order valence-electron chi connectivity index (χ3n) is 2.66. The fourth-order valence-corrected chi connectivity index (χ4v) is 2.50. The Morgan fingerprint density at radius 3 is 2.64 bits per heavy atom. The first-order chi connectivity index (χ1) is 6.59.